The van der Waals surface area contributed by atoms with Crippen molar-refractivity contribution in [2.75, 3.05) is 0 Å². The number of halogens is 1. The van der Waals surface area contributed by atoms with E-state index in [0.717, 1.165) is 12.0 Å². The molecule has 0 radical (unpaired) electrons. The largest absolute Gasteiger partial charge is 0.346 e. The highest BCUT2D eigenvalue weighted by Gasteiger charge is 2.10. The quantitative estimate of drug-likeness (QED) is 0.630. The summed E-state index contributed by atoms with van der Waals surface area (Å²) in [5.41, 5.74) is 1.03. The number of nitrogens with one attached hydrogen (secondary N) is 1. The number of carbonyl (C=O) groups is 1. The minimum atomic E-state index is -0.0973. The maximum Gasteiger partial charge on any atom is 0.244 e. The van der Waals surface area contributed by atoms with Crippen molar-refractivity contribution in [3.8, 4) is 0 Å². The van der Waals surface area contributed by atoms with Crippen molar-refractivity contribution in [3.05, 3.63) is 59.2 Å². The molecule has 1 N–H and O–H groups in total. The Morgan fingerprint density at radius 3 is 2.83 bits per heavy atom. The molecule has 0 heterocycles. The van der Waals surface area contributed by atoms with Gasteiger partial charge in [0.15, 0.2) is 0 Å². The Morgan fingerprint density at radius 1 is 1.44 bits per heavy atom. The molecule has 0 spiro atoms. The molecule has 2 nitrogen and oxygen atoms in total. The monoisotopic (exact) mass is 263 g/mol. The zero-order chi connectivity index (χ0) is 13.4. The lowest BCUT2D eigenvalue weighted by molar-refractivity contribution is -0.117. The summed E-state index contributed by atoms with van der Waals surface area (Å²) in [6.45, 7) is 3.94. The van der Waals surface area contributed by atoms with E-state index in [9.17, 15) is 4.79 Å². The zero-order valence-corrected chi connectivity index (χ0v) is 11.4. The Kier molecular flexibility index (Phi) is 6.23. The van der Waals surface area contributed by atoms with E-state index in [1.54, 1.807) is 6.08 Å². The van der Waals surface area contributed by atoms with Crippen molar-refractivity contribution in [3.63, 3.8) is 0 Å². The van der Waals surface area contributed by atoms with Crippen LogP contribution in [0.2, 0.25) is 5.02 Å². The number of benzene rings is 1. The van der Waals surface area contributed by atoms with E-state index in [-0.39, 0.29) is 11.9 Å². The van der Waals surface area contributed by atoms with Crippen LogP contribution >= 0.6 is 11.6 Å². The second kappa shape index (κ2) is 7.72. The number of hydrogen-bond acceptors (Lipinski definition) is 1. The summed E-state index contributed by atoms with van der Waals surface area (Å²) in [7, 11) is 0. The van der Waals surface area contributed by atoms with Gasteiger partial charge in [-0.15, -0.1) is 0 Å². The van der Waals surface area contributed by atoms with E-state index < -0.39 is 0 Å². The highest BCUT2D eigenvalue weighted by molar-refractivity contribution is 6.30. The van der Waals surface area contributed by atoms with Crippen LogP contribution in [0.1, 0.15) is 31.9 Å². The molecule has 0 saturated heterocycles. The summed E-state index contributed by atoms with van der Waals surface area (Å²) in [6, 6.07) is 7.56. The van der Waals surface area contributed by atoms with Gasteiger partial charge >= 0.3 is 0 Å². The molecular formula is C15H18ClNO. The van der Waals surface area contributed by atoms with Gasteiger partial charge < -0.3 is 5.32 Å². The first kappa shape index (κ1) is 14.5. The minimum Gasteiger partial charge on any atom is -0.346 e. The van der Waals surface area contributed by atoms with E-state index in [1.807, 2.05) is 50.3 Å². The zero-order valence-electron chi connectivity index (χ0n) is 10.7. The number of rotatable bonds is 5. The van der Waals surface area contributed by atoms with Crippen LogP contribution in [0.25, 0.3) is 0 Å². The van der Waals surface area contributed by atoms with Crippen LogP contribution in [0.5, 0.6) is 0 Å². The van der Waals surface area contributed by atoms with Gasteiger partial charge in [-0.05, 0) is 31.0 Å². The van der Waals surface area contributed by atoms with E-state index in [1.165, 1.54) is 6.08 Å². The van der Waals surface area contributed by atoms with Crippen molar-refractivity contribution in [1.29, 1.82) is 0 Å². The topological polar surface area (TPSA) is 29.1 Å². The van der Waals surface area contributed by atoms with Gasteiger partial charge in [0.25, 0.3) is 0 Å². The minimum absolute atomic E-state index is 0.00791. The summed E-state index contributed by atoms with van der Waals surface area (Å²) >= 11 is 5.95. The van der Waals surface area contributed by atoms with Crippen molar-refractivity contribution in [2.24, 2.45) is 0 Å². The Morgan fingerprint density at radius 2 is 2.22 bits per heavy atom. The van der Waals surface area contributed by atoms with Gasteiger partial charge in [-0.2, -0.15) is 0 Å². The first-order valence-electron chi connectivity index (χ1n) is 6.02. The van der Waals surface area contributed by atoms with Crippen molar-refractivity contribution >= 4 is 17.5 Å². The second-order valence-corrected chi connectivity index (χ2v) is 4.35. The first-order chi connectivity index (χ1) is 8.67. The molecule has 18 heavy (non-hydrogen) atoms. The second-order valence-electron chi connectivity index (χ2n) is 3.91. The van der Waals surface area contributed by atoms with Crippen LogP contribution in [-0.4, -0.2) is 5.91 Å². The fourth-order valence-corrected chi connectivity index (χ4v) is 1.82. The SMILES string of the molecule is C/C=C/C=C/C(=O)NC(CC)c1cccc(Cl)c1. The highest BCUT2D eigenvalue weighted by Crippen LogP contribution is 2.20. The molecule has 0 aromatic heterocycles. The predicted octanol–water partition coefficient (Wildman–Crippen LogP) is 4.04. The number of hydrogen-bond donors (Lipinski definition) is 1. The summed E-state index contributed by atoms with van der Waals surface area (Å²) in [5.74, 6) is -0.0973. The van der Waals surface area contributed by atoms with Crippen LogP contribution < -0.4 is 5.32 Å². The molecule has 3 heteroatoms. The first-order valence-corrected chi connectivity index (χ1v) is 6.40. The summed E-state index contributed by atoms with van der Waals surface area (Å²) in [4.78, 5) is 11.7. The molecule has 96 valence electrons. The molecule has 1 aromatic carbocycles. The standard InChI is InChI=1S/C15H18ClNO/c1-3-5-6-10-15(18)17-14(4-2)12-8-7-9-13(16)11-12/h3,5-11,14H,4H2,1-2H3,(H,17,18)/b5-3+,10-6+. The molecule has 1 atom stereocenters. The molecule has 0 aliphatic carbocycles. The number of carbonyl (C=O) groups excluding carboxylic acids is 1. The molecule has 0 bridgehead atoms. The molecule has 1 unspecified atom stereocenters. The fourth-order valence-electron chi connectivity index (χ4n) is 1.62. The maximum atomic E-state index is 11.7. The molecule has 0 saturated carbocycles. The van der Waals surface area contributed by atoms with Crippen LogP contribution in [-0.2, 0) is 4.79 Å². The van der Waals surface area contributed by atoms with Crippen LogP contribution in [0.15, 0.2) is 48.6 Å². The average Bonchev–Trinajstić information content (AvgIpc) is 2.36. The van der Waals surface area contributed by atoms with E-state index in [2.05, 4.69) is 5.32 Å². The van der Waals surface area contributed by atoms with Crippen molar-refractivity contribution < 1.29 is 4.79 Å². The lowest BCUT2D eigenvalue weighted by Gasteiger charge is -2.16. The Hall–Kier alpha value is -1.54. The van der Waals surface area contributed by atoms with Gasteiger partial charge in [0.1, 0.15) is 0 Å². The fraction of sp³-hybridized carbons (Fsp3) is 0.267. The number of amides is 1. The van der Waals surface area contributed by atoms with Gasteiger partial charge in [0, 0.05) is 11.1 Å². The van der Waals surface area contributed by atoms with Gasteiger partial charge in [-0.3, -0.25) is 4.79 Å². The normalized spacial score (nSPS) is 13.1. The summed E-state index contributed by atoms with van der Waals surface area (Å²) < 4.78 is 0. The molecular weight excluding hydrogens is 246 g/mol. The van der Waals surface area contributed by atoms with Gasteiger partial charge in [-0.25, -0.2) is 0 Å². The molecule has 1 aromatic rings. The van der Waals surface area contributed by atoms with Gasteiger partial charge in [0.2, 0.25) is 5.91 Å². The predicted molar refractivity (Wildman–Crippen MR) is 76.6 cm³/mol. The third kappa shape index (κ3) is 4.76. The smallest absolute Gasteiger partial charge is 0.244 e. The Bertz CT molecular complexity index is 452. The van der Waals surface area contributed by atoms with Crippen LogP contribution in [0.3, 0.4) is 0 Å². The lowest BCUT2D eigenvalue weighted by Crippen LogP contribution is -2.26. The maximum absolute atomic E-state index is 11.7. The van der Waals surface area contributed by atoms with Crippen LogP contribution in [0.4, 0.5) is 0 Å². The third-order valence-electron chi connectivity index (χ3n) is 2.53. The van der Waals surface area contributed by atoms with E-state index >= 15 is 0 Å². The molecule has 1 rings (SSSR count). The molecule has 1 amide bonds. The average molecular weight is 264 g/mol. The summed E-state index contributed by atoms with van der Waals surface area (Å²) in [6.07, 6.45) is 7.76. The molecule has 0 aliphatic heterocycles. The van der Waals surface area contributed by atoms with Crippen molar-refractivity contribution in [2.45, 2.75) is 26.3 Å². The van der Waals surface area contributed by atoms with Gasteiger partial charge in [0.05, 0.1) is 6.04 Å². The highest BCUT2D eigenvalue weighted by atomic mass is 35.5. The van der Waals surface area contributed by atoms with Gasteiger partial charge in [-0.1, -0.05) is 48.9 Å². The molecule has 0 fully saturated rings. The molecule has 0 aliphatic rings. The number of allylic oxidation sites excluding steroid dienone is 3. The van der Waals surface area contributed by atoms with E-state index in [4.69, 9.17) is 11.6 Å². The third-order valence-corrected chi connectivity index (χ3v) is 2.76. The Balaban J connectivity index is 2.70. The van der Waals surface area contributed by atoms with Crippen LogP contribution in [0, 0.1) is 0 Å². The lowest BCUT2D eigenvalue weighted by atomic mass is 10.0. The van der Waals surface area contributed by atoms with E-state index in [0.29, 0.717) is 5.02 Å². The summed E-state index contributed by atoms with van der Waals surface area (Å²) in [5, 5.41) is 3.64. The van der Waals surface area contributed by atoms with Crippen molar-refractivity contribution in [1.82, 2.24) is 5.32 Å². The Labute approximate surface area is 113 Å².